The Bertz CT molecular complexity index is 1240. The van der Waals surface area contributed by atoms with Gasteiger partial charge in [-0.2, -0.15) is 4.31 Å². The van der Waals surface area contributed by atoms with Gasteiger partial charge in [-0.15, -0.1) is 0 Å². The molecule has 0 radical (unpaired) electrons. The molecule has 0 bridgehead atoms. The number of piperazine rings is 1. The van der Waals surface area contributed by atoms with Crippen molar-refractivity contribution in [3.05, 3.63) is 95.3 Å². The van der Waals surface area contributed by atoms with E-state index in [1.165, 1.54) is 21.7 Å². The molecule has 1 N–H and O–H groups in total. The van der Waals surface area contributed by atoms with Gasteiger partial charge in [0.25, 0.3) is 0 Å². The number of sulfonamides is 1. The van der Waals surface area contributed by atoms with E-state index in [1.807, 2.05) is 24.3 Å². The largest absolute Gasteiger partial charge is 0.411 e. The molecule has 1 fully saturated rings. The van der Waals surface area contributed by atoms with Crippen LogP contribution >= 0.6 is 0 Å². The molecule has 0 saturated carbocycles. The van der Waals surface area contributed by atoms with Crippen LogP contribution in [0.3, 0.4) is 0 Å². The quantitative estimate of drug-likeness (QED) is 0.317. The molecule has 7 nitrogen and oxygen atoms in total. The van der Waals surface area contributed by atoms with Gasteiger partial charge in [-0.05, 0) is 47.9 Å². The molecule has 1 aliphatic rings. The number of anilines is 1. The molecular formula is C26H30N4O3S. The molecule has 2 heterocycles. The highest BCUT2D eigenvalue weighted by atomic mass is 32.2. The minimum Gasteiger partial charge on any atom is -0.411 e. The summed E-state index contributed by atoms with van der Waals surface area (Å²) in [7, 11) is -3.15. The Hall–Kier alpha value is -3.23. The van der Waals surface area contributed by atoms with Crippen LogP contribution in [-0.4, -0.2) is 61.1 Å². The van der Waals surface area contributed by atoms with Crippen molar-refractivity contribution in [3.8, 4) is 0 Å². The SMILES string of the molecule is Cc1ccccc1C(C/C(=N/O)c1ccncc1)c1ccc(N2CCN(S(C)(=O)=O)CC2)cc1. The average Bonchev–Trinajstić information content (AvgIpc) is 2.86. The lowest BCUT2D eigenvalue weighted by Gasteiger charge is -2.35. The van der Waals surface area contributed by atoms with Crippen LogP contribution in [0.5, 0.6) is 0 Å². The Morgan fingerprint density at radius 2 is 1.65 bits per heavy atom. The van der Waals surface area contributed by atoms with Gasteiger partial charge in [-0.1, -0.05) is 41.6 Å². The zero-order valence-corrected chi connectivity index (χ0v) is 20.3. The molecular weight excluding hydrogens is 448 g/mol. The number of pyridine rings is 1. The molecule has 1 saturated heterocycles. The molecule has 0 spiro atoms. The van der Waals surface area contributed by atoms with Gasteiger partial charge < -0.3 is 10.1 Å². The molecule has 1 aromatic heterocycles. The van der Waals surface area contributed by atoms with E-state index in [-0.39, 0.29) is 5.92 Å². The maximum Gasteiger partial charge on any atom is 0.211 e. The summed E-state index contributed by atoms with van der Waals surface area (Å²) in [5.41, 5.74) is 6.02. The number of benzene rings is 2. The van der Waals surface area contributed by atoms with Crippen LogP contribution in [-0.2, 0) is 10.0 Å². The summed E-state index contributed by atoms with van der Waals surface area (Å²) in [6.45, 7) is 4.41. The average molecular weight is 479 g/mol. The van der Waals surface area contributed by atoms with E-state index in [9.17, 15) is 13.6 Å². The van der Waals surface area contributed by atoms with Gasteiger partial charge in [-0.25, -0.2) is 8.42 Å². The molecule has 2 aromatic carbocycles. The lowest BCUT2D eigenvalue weighted by atomic mass is 9.83. The summed E-state index contributed by atoms with van der Waals surface area (Å²) in [5.74, 6) is 0.0106. The van der Waals surface area contributed by atoms with Gasteiger partial charge in [0, 0.05) is 62.2 Å². The van der Waals surface area contributed by atoms with Crippen molar-refractivity contribution in [2.75, 3.05) is 37.3 Å². The van der Waals surface area contributed by atoms with Gasteiger partial charge in [0.15, 0.2) is 0 Å². The smallest absolute Gasteiger partial charge is 0.211 e. The van der Waals surface area contributed by atoms with Gasteiger partial charge in [-0.3, -0.25) is 4.98 Å². The summed E-state index contributed by atoms with van der Waals surface area (Å²) in [5, 5.41) is 13.4. The molecule has 4 rings (SSSR count). The monoisotopic (exact) mass is 478 g/mol. The fourth-order valence-corrected chi connectivity index (χ4v) is 5.36. The third-order valence-electron chi connectivity index (χ3n) is 6.46. The van der Waals surface area contributed by atoms with Crippen molar-refractivity contribution in [3.63, 3.8) is 0 Å². The standard InChI is InChI=1S/C26H30N4O3S/c1-20-5-3-4-6-24(20)25(19-26(28-31)22-11-13-27-14-12-22)21-7-9-23(10-8-21)29-15-17-30(18-16-29)34(2,32)33/h3-14,25,31H,15-19H2,1-2H3/b28-26-. The first-order chi connectivity index (χ1) is 16.4. The predicted molar refractivity (Wildman–Crippen MR) is 135 cm³/mol. The summed E-state index contributed by atoms with van der Waals surface area (Å²) < 4.78 is 25.1. The van der Waals surface area contributed by atoms with Crippen LogP contribution in [0.15, 0.2) is 78.2 Å². The Morgan fingerprint density at radius 1 is 1.00 bits per heavy atom. The highest BCUT2D eigenvalue weighted by molar-refractivity contribution is 7.88. The van der Waals surface area contributed by atoms with E-state index in [4.69, 9.17) is 0 Å². The Labute approximate surface area is 201 Å². The molecule has 1 atom stereocenters. The van der Waals surface area contributed by atoms with E-state index < -0.39 is 10.0 Å². The second-order valence-electron chi connectivity index (χ2n) is 8.64. The second kappa shape index (κ2) is 10.4. The van der Waals surface area contributed by atoms with Crippen molar-refractivity contribution in [1.82, 2.24) is 9.29 Å². The highest BCUT2D eigenvalue weighted by Crippen LogP contribution is 2.33. The molecule has 0 aliphatic carbocycles. The summed E-state index contributed by atoms with van der Waals surface area (Å²) >= 11 is 0. The minimum atomic E-state index is -3.15. The Kier molecular flexibility index (Phi) is 7.29. The maximum atomic E-state index is 11.8. The zero-order chi connectivity index (χ0) is 24.1. The van der Waals surface area contributed by atoms with Crippen LogP contribution in [0.1, 0.15) is 34.6 Å². The van der Waals surface area contributed by atoms with E-state index in [1.54, 1.807) is 12.4 Å². The maximum absolute atomic E-state index is 11.8. The fraction of sp³-hybridized carbons (Fsp3) is 0.308. The van der Waals surface area contributed by atoms with Crippen LogP contribution in [0, 0.1) is 6.92 Å². The molecule has 178 valence electrons. The third-order valence-corrected chi connectivity index (χ3v) is 7.77. The lowest BCUT2D eigenvalue weighted by Crippen LogP contribution is -2.48. The van der Waals surface area contributed by atoms with Crippen LogP contribution in [0.25, 0.3) is 0 Å². The number of nitrogens with zero attached hydrogens (tertiary/aromatic N) is 4. The van der Waals surface area contributed by atoms with Crippen LogP contribution in [0.4, 0.5) is 5.69 Å². The van der Waals surface area contributed by atoms with Crippen molar-refractivity contribution in [2.45, 2.75) is 19.3 Å². The molecule has 1 aliphatic heterocycles. The Morgan fingerprint density at radius 3 is 2.24 bits per heavy atom. The van der Waals surface area contributed by atoms with Gasteiger partial charge in [0.1, 0.15) is 0 Å². The van der Waals surface area contributed by atoms with Gasteiger partial charge in [0.05, 0.1) is 12.0 Å². The highest BCUT2D eigenvalue weighted by Gasteiger charge is 2.24. The van der Waals surface area contributed by atoms with Crippen LogP contribution in [0.2, 0.25) is 0 Å². The fourth-order valence-electron chi connectivity index (χ4n) is 4.53. The first-order valence-corrected chi connectivity index (χ1v) is 13.2. The summed E-state index contributed by atoms with van der Waals surface area (Å²) in [4.78, 5) is 6.28. The Balaban J connectivity index is 1.59. The molecule has 1 unspecified atom stereocenters. The number of oxime groups is 1. The normalized spacial score (nSPS) is 16.4. The first kappa shape index (κ1) is 23.9. The van der Waals surface area contributed by atoms with E-state index in [2.05, 4.69) is 58.4 Å². The number of rotatable bonds is 7. The van der Waals surface area contributed by atoms with Gasteiger partial charge in [0.2, 0.25) is 10.0 Å². The second-order valence-corrected chi connectivity index (χ2v) is 10.6. The zero-order valence-electron chi connectivity index (χ0n) is 19.5. The van der Waals surface area contributed by atoms with Crippen LogP contribution < -0.4 is 4.90 Å². The third kappa shape index (κ3) is 5.46. The number of aromatic nitrogens is 1. The van der Waals surface area contributed by atoms with E-state index in [0.717, 1.165) is 16.8 Å². The predicted octanol–water partition coefficient (Wildman–Crippen LogP) is 3.87. The number of aryl methyl sites for hydroxylation is 1. The van der Waals surface area contributed by atoms with Crippen molar-refractivity contribution in [1.29, 1.82) is 0 Å². The van der Waals surface area contributed by atoms with Gasteiger partial charge >= 0.3 is 0 Å². The minimum absolute atomic E-state index is 0.0106. The topological polar surface area (TPSA) is 86.1 Å². The molecule has 8 heteroatoms. The molecule has 3 aromatic rings. The lowest BCUT2D eigenvalue weighted by molar-refractivity contribution is 0.317. The van der Waals surface area contributed by atoms with E-state index in [0.29, 0.717) is 38.3 Å². The number of hydrogen-bond donors (Lipinski definition) is 1. The summed E-state index contributed by atoms with van der Waals surface area (Å²) in [6.07, 6.45) is 5.19. The van der Waals surface area contributed by atoms with Crippen molar-refractivity contribution in [2.24, 2.45) is 5.16 Å². The van der Waals surface area contributed by atoms with E-state index >= 15 is 0 Å². The van der Waals surface area contributed by atoms with Crippen molar-refractivity contribution >= 4 is 21.4 Å². The first-order valence-electron chi connectivity index (χ1n) is 11.3. The summed E-state index contributed by atoms with van der Waals surface area (Å²) in [6, 6.07) is 20.4. The number of hydrogen-bond acceptors (Lipinski definition) is 6. The van der Waals surface area contributed by atoms with Crippen molar-refractivity contribution < 1.29 is 13.6 Å². The molecule has 0 amide bonds. The molecule has 34 heavy (non-hydrogen) atoms.